The van der Waals surface area contributed by atoms with Crippen LogP contribution in [-0.4, -0.2) is 80.6 Å². The summed E-state index contributed by atoms with van der Waals surface area (Å²) in [6.45, 7) is 6.46. The lowest BCUT2D eigenvalue weighted by Crippen LogP contribution is -2.50. The molecule has 0 radical (unpaired) electrons. The summed E-state index contributed by atoms with van der Waals surface area (Å²) in [5.41, 5.74) is 1.98. The Balaban J connectivity index is 1.40. The highest BCUT2D eigenvalue weighted by atomic mass is 16.5. The largest absolute Gasteiger partial charge is 0.453 e. The number of carbonyl (C=O) groups excluding carboxylic acids is 3. The van der Waals surface area contributed by atoms with Gasteiger partial charge in [0, 0.05) is 57.9 Å². The minimum atomic E-state index is -0.315. The Morgan fingerprint density at radius 3 is 2.46 bits per heavy atom. The molecule has 8 heteroatoms. The molecule has 2 saturated heterocycles. The number of rotatable bonds is 5. The SMILES string of the molecule is COC(=O)N1CCN(CCNC(=O)C2CC(=O)N(c3ccc(C)cc3)C2)CC1. The zero-order chi connectivity index (χ0) is 20.1. The first kappa shape index (κ1) is 20.1. The summed E-state index contributed by atoms with van der Waals surface area (Å²) in [5, 5.41) is 2.95. The summed E-state index contributed by atoms with van der Waals surface area (Å²) in [5.74, 6) is -0.399. The van der Waals surface area contributed by atoms with E-state index in [4.69, 9.17) is 4.74 Å². The molecule has 0 bridgehead atoms. The zero-order valence-electron chi connectivity index (χ0n) is 16.5. The van der Waals surface area contributed by atoms with Crippen LogP contribution in [-0.2, 0) is 14.3 Å². The summed E-state index contributed by atoms with van der Waals surface area (Å²) < 4.78 is 4.73. The van der Waals surface area contributed by atoms with Crippen molar-refractivity contribution in [3.8, 4) is 0 Å². The predicted molar refractivity (Wildman–Crippen MR) is 105 cm³/mol. The molecule has 2 heterocycles. The standard InChI is InChI=1S/C20H28N4O4/c1-15-3-5-17(6-4-15)24-14-16(13-18(24)25)19(26)21-7-8-22-9-11-23(12-10-22)20(27)28-2/h3-6,16H,7-14H2,1-2H3,(H,21,26). The number of nitrogens with one attached hydrogen (secondary N) is 1. The highest BCUT2D eigenvalue weighted by Gasteiger charge is 2.35. The molecule has 2 aliphatic rings. The fourth-order valence-corrected chi connectivity index (χ4v) is 3.62. The van der Waals surface area contributed by atoms with Crippen molar-refractivity contribution in [2.24, 2.45) is 5.92 Å². The van der Waals surface area contributed by atoms with Gasteiger partial charge in [0.2, 0.25) is 11.8 Å². The average molecular weight is 388 g/mol. The topological polar surface area (TPSA) is 82.2 Å². The van der Waals surface area contributed by atoms with Gasteiger partial charge in [0.1, 0.15) is 0 Å². The lowest BCUT2D eigenvalue weighted by atomic mass is 10.1. The summed E-state index contributed by atoms with van der Waals surface area (Å²) in [7, 11) is 1.39. The summed E-state index contributed by atoms with van der Waals surface area (Å²) in [6.07, 6.45) is -0.0469. The van der Waals surface area contributed by atoms with Crippen LogP contribution in [0.5, 0.6) is 0 Å². The van der Waals surface area contributed by atoms with E-state index in [-0.39, 0.29) is 30.2 Å². The maximum Gasteiger partial charge on any atom is 0.409 e. The molecular weight excluding hydrogens is 360 g/mol. The lowest BCUT2D eigenvalue weighted by Gasteiger charge is -2.33. The second kappa shape index (κ2) is 9.05. The first-order valence-corrected chi connectivity index (χ1v) is 9.68. The van der Waals surface area contributed by atoms with Crippen LogP contribution in [0.2, 0.25) is 0 Å². The van der Waals surface area contributed by atoms with Gasteiger partial charge in [-0.05, 0) is 19.1 Å². The van der Waals surface area contributed by atoms with E-state index in [2.05, 4.69) is 10.2 Å². The van der Waals surface area contributed by atoms with Crippen LogP contribution in [0, 0.1) is 12.8 Å². The Kier molecular flexibility index (Phi) is 6.51. The van der Waals surface area contributed by atoms with Crippen molar-refractivity contribution in [1.29, 1.82) is 0 Å². The third-order valence-electron chi connectivity index (χ3n) is 5.37. The molecule has 1 N–H and O–H groups in total. The first-order valence-electron chi connectivity index (χ1n) is 9.68. The minimum Gasteiger partial charge on any atom is -0.453 e. The molecular formula is C20H28N4O4. The molecule has 2 aliphatic heterocycles. The molecule has 1 aromatic carbocycles. The van der Waals surface area contributed by atoms with Gasteiger partial charge < -0.3 is 19.9 Å². The number of piperazine rings is 1. The first-order chi connectivity index (χ1) is 13.5. The number of hydrogen-bond donors (Lipinski definition) is 1. The Morgan fingerprint density at radius 2 is 1.82 bits per heavy atom. The van der Waals surface area contributed by atoms with Crippen LogP contribution in [0.1, 0.15) is 12.0 Å². The third-order valence-corrected chi connectivity index (χ3v) is 5.37. The number of nitrogens with zero attached hydrogens (tertiary/aromatic N) is 3. The molecule has 0 spiro atoms. The van der Waals surface area contributed by atoms with Crippen LogP contribution in [0.15, 0.2) is 24.3 Å². The Hall–Kier alpha value is -2.61. The number of ether oxygens (including phenoxy) is 1. The van der Waals surface area contributed by atoms with E-state index >= 15 is 0 Å². The molecule has 3 rings (SSSR count). The molecule has 0 saturated carbocycles. The van der Waals surface area contributed by atoms with Crippen molar-refractivity contribution in [3.05, 3.63) is 29.8 Å². The van der Waals surface area contributed by atoms with Gasteiger partial charge in [-0.2, -0.15) is 0 Å². The van der Waals surface area contributed by atoms with Crippen molar-refractivity contribution in [2.75, 3.05) is 57.8 Å². The second-order valence-corrected chi connectivity index (χ2v) is 7.33. The molecule has 0 aromatic heterocycles. The van der Waals surface area contributed by atoms with Gasteiger partial charge in [0.25, 0.3) is 0 Å². The normalized spacial score (nSPS) is 20.4. The van der Waals surface area contributed by atoms with Crippen molar-refractivity contribution < 1.29 is 19.1 Å². The quantitative estimate of drug-likeness (QED) is 0.809. The summed E-state index contributed by atoms with van der Waals surface area (Å²) >= 11 is 0. The Bertz CT molecular complexity index is 713. The second-order valence-electron chi connectivity index (χ2n) is 7.33. The maximum atomic E-state index is 12.5. The molecule has 0 aliphatic carbocycles. The fourth-order valence-electron chi connectivity index (χ4n) is 3.62. The Labute approximate surface area is 165 Å². The van der Waals surface area contributed by atoms with Gasteiger partial charge in [-0.25, -0.2) is 4.79 Å². The highest BCUT2D eigenvalue weighted by Crippen LogP contribution is 2.25. The third kappa shape index (κ3) is 4.81. The van der Waals surface area contributed by atoms with Crippen molar-refractivity contribution in [3.63, 3.8) is 0 Å². The van der Waals surface area contributed by atoms with Crippen molar-refractivity contribution >= 4 is 23.6 Å². The molecule has 1 atom stereocenters. The van der Waals surface area contributed by atoms with Crippen LogP contribution < -0.4 is 10.2 Å². The van der Waals surface area contributed by atoms with Crippen LogP contribution >= 0.6 is 0 Å². The molecule has 8 nitrogen and oxygen atoms in total. The van der Waals surface area contributed by atoms with E-state index in [9.17, 15) is 14.4 Å². The maximum absolute atomic E-state index is 12.5. The fraction of sp³-hybridized carbons (Fsp3) is 0.550. The molecule has 1 unspecified atom stereocenters. The van der Waals surface area contributed by atoms with Gasteiger partial charge in [0.15, 0.2) is 0 Å². The van der Waals surface area contributed by atoms with Gasteiger partial charge in [-0.3, -0.25) is 14.5 Å². The van der Waals surface area contributed by atoms with Gasteiger partial charge in [-0.15, -0.1) is 0 Å². The number of hydrogen-bond acceptors (Lipinski definition) is 5. The van der Waals surface area contributed by atoms with E-state index in [1.54, 1.807) is 9.80 Å². The van der Waals surface area contributed by atoms with Gasteiger partial charge >= 0.3 is 6.09 Å². The monoisotopic (exact) mass is 388 g/mol. The highest BCUT2D eigenvalue weighted by molar-refractivity contribution is 6.00. The van der Waals surface area contributed by atoms with E-state index < -0.39 is 0 Å². The van der Waals surface area contributed by atoms with Gasteiger partial charge in [0.05, 0.1) is 13.0 Å². The van der Waals surface area contributed by atoms with Crippen LogP contribution in [0.25, 0.3) is 0 Å². The summed E-state index contributed by atoms with van der Waals surface area (Å²) in [4.78, 5) is 41.8. The van der Waals surface area contributed by atoms with Gasteiger partial charge in [-0.1, -0.05) is 17.7 Å². The molecule has 3 amide bonds. The molecule has 152 valence electrons. The van der Waals surface area contributed by atoms with E-state index in [1.165, 1.54) is 7.11 Å². The lowest BCUT2D eigenvalue weighted by molar-refractivity contribution is -0.126. The van der Waals surface area contributed by atoms with E-state index in [0.717, 1.165) is 30.9 Å². The van der Waals surface area contributed by atoms with Crippen molar-refractivity contribution in [2.45, 2.75) is 13.3 Å². The minimum absolute atomic E-state index is 0.0112. The number of benzene rings is 1. The average Bonchev–Trinajstić information content (AvgIpc) is 3.10. The number of methoxy groups -OCH3 is 1. The van der Waals surface area contributed by atoms with Crippen LogP contribution in [0.4, 0.5) is 10.5 Å². The molecule has 2 fully saturated rings. The van der Waals surface area contributed by atoms with E-state index in [0.29, 0.717) is 26.2 Å². The smallest absolute Gasteiger partial charge is 0.409 e. The van der Waals surface area contributed by atoms with E-state index in [1.807, 2.05) is 31.2 Å². The number of carbonyl (C=O) groups is 3. The number of aryl methyl sites for hydroxylation is 1. The number of amides is 3. The molecule has 1 aromatic rings. The number of anilines is 1. The predicted octanol–water partition coefficient (Wildman–Crippen LogP) is 0.848. The molecule has 28 heavy (non-hydrogen) atoms. The summed E-state index contributed by atoms with van der Waals surface area (Å²) in [6, 6.07) is 7.77. The Morgan fingerprint density at radius 1 is 1.14 bits per heavy atom. The van der Waals surface area contributed by atoms with Crippen molar-refractivity contribution in [1.82, 2.24) is 15.1 Å². The van der Waals surface area contributed by atoms with Crippen LogP contribution in [0.3, 0.4) is 0 Å². The zero-order valence-corrected chi connectivity index (χ0v) is 16.5.